The van der Waals surface area contributed by atoms with Gasteiger partial charge in [0.05, 0.1) is 19.8 Å². The van der Waals surface area contributed by atoms with Crippen LogP contribution in [0.4, 0.5) is 10.5 Å². The van der Waals surface area contributed by atoms with E-state index in [0.29, 0.717) is 30.4 Å². The number of carbonyl (C=O) groups is 2. The van der Waals surface area contributed by atoms with E-state index in [-0.39, 0.29) is 18.5 Å². The molecule has 2 aliphatic rings. The van der Waals surface area contributed by atoms with Gasteiger partial charge in [-0.15, -0.1) is 0 Å². The lowest BCUT2D eigenvalue weighted by Gasteiger charge is -2.33. The van der Waals surface area contributed by atoms with Crippen LogP contribution in [-0.4, -0.2) is 62.3 Å². The number of fused-ring (bicyclic) bond motifs is 1. The van der Waals surface area contributed by atoms with Gasteiger partial charge in [0, 0.05) is 43.9 Å². The minimum Gasteiger partial charge on any atom is -0.490 e. The van der Waals surface area contributed by atoms with Crippen molar-refractivity contribution in [2.75, 3.05) is 44.7 Å². The molecular formula is C17H24N4O4. The summed E-state index contributed by atoms with van der Waals surface area (Å²) in [6.45, 7) is 5.92. The average Bonchev–Trinajstić information content (AvgIpc) is 2.81. The molecule has 2 aliphatic heterocycles. The fourth-order valence-electron chi connectivity index (χ4n) is 2.87. The molecule has 3 amide bonds. The summed E-state index contributed by atoms with van der Waals surface area (Å²) in [6, 6.07) is 4.88. The van der Waals surface area contributed by atoms with Crippen molar-refractivity contribution >= 4 is 17.6 Å². The molecule has 1 fully saturated rings. The first-order valence-electron chi connectivity index (χ1n) is 8.57. The zero-order valence-electron chi connectivity index (χ0n) is 14.3. The van der Waals surface area contributed by atoms with Crippen LogP contribution in [0.1, 0.15) is 13.3 Å². The van der Waals surface area contributed by atoms with Crippen LogP contribution >= 0.6 is 0 Å². The van der Waals surface area contributed by atoms with E-state index in [2.05, 4.69) is 22.9 Å². The second kappa shape index (κ2) is 8.17. The van der Waals surface area contributed by atoms with Crippen molar-refractivity contribution in [1.29, 1.82) is 0 Å². The van der Waals surface area contributed by atoms with Crippen molar-refractivity contribution in [1.82, 2.24) is 15.5 Å². The number of hydrogen-bond donors (Lipinski definition) is 3. The first-order valence-corrected chi connectivity index (χ1v) is 8.57. The molecule has 3 N–H and O–H groups in total. The van der Waals surface area contributed by atoms with Crippen molar-refractivity contribution in [3.63, 3.8) is 0 Å². The third kappa shape index (κ3) is 4.83. The Labute approximate surface area is 146 Å². The maximum Gasteiger partial charge on any atom is 0.325 e. The van der Waals surface area contributed by atoms with Crippen LogP contribution in [-0.2, 0) is 4.79 Å². The van der Waals surface area contributed by atoms with Gasteiger partial charge in [0.15, 0.2) is 11.5 Å². The lowest BCUT2D eigenvalue weighted by Crippen LogP contribution is -2.53. The summed E-state index contributed by atoms with van der Waals surface area (Å²) in [7, 11) is 0. The lowest BCUT2D eigenvalue weighted by atomic mass is 10.2. The summed E-state index contributed by atoms with van der Waals surface area (Å²) >= 11 is 0. The van der Waals surface area contributed by atoms with Gasteiger partial charge in [-0.2, -0.15) is 0 Å². The minimum absolute atomic E-state index is 0.206. The minimum atomic E-state index is -0.553. The van der Waals surface area contributed by atoms with Crippen molar-refractivity contribution in [2.45, 2.75) is 19.4 Å². The van der Waals surface area contributed by atoms with Crippen molar-refractivity contribution < 1.29 is 19.1 Å². The van der Waals surface area contributed by atoms with Gasteiger partial charge in [-0.3, -0.25) is 15.0 Å². The molecule has 2 heterocycles. The first kappa shape index (κ1) is 17.5. The number of urea groups is 1. The summed E-state index contributed by atoms with van der Waals surface area (Å²) in [5.74, 6) is 0.934. The molecule has 25 heavy (non-hydrogen) atoms. The van der Waals surface area contributed by atoms with Gasteiger partial charge in [0.2, 0.25) is 5.91 Å². The summed E-state index contributed by atoms with van der Waals surface area (Å²) in [4.78, 5) is 26.1. The number of anilines is 1. The number of amides is 3. The van der Waals surface area contributed by atoms with Crippen molar-refractivity contribution in [3.05, 3.63) is 18.2 Å². The summed E-state index contributed by atoms with van der Waals surface area (Å²) in [5.41, 5.74) is 0.546. The molecule has 0 bridgehead atoms. The highest BCUT2D eigenvalue weighted by Gasteiger charge is 2.21. The van der Waals surface area contributed by atoms with Gasteiger partial charge in [0.1, 0.15) is 0 Å². The van der Waals surface area contributed by atoms with Gasteiger partial charge in [-0.05, 0) is 19.1 Å². The SMILES string of the molecule is C[C@@H]1CNCCN1CC(=O)NC(=O)Nc1ccc2c(c1)OCCCO2. The predicted molar refractivity (Wildman–Crippen MR) is 93.1 cm³/mol. The van der Waals surface area contributed by atoms with Gasteiger partial charge in [0.25, 0.3) is 0 Å². The Morgan fingerprint density at radius 3 is 2.88 bits per heavy atom. The van der Waals surface area contributed by atoms with Crippen LogP contribution in [0, 0.1) is 0 Å². The van der Waals surface area contributed by atoms with E-state index in [4.69, 9.17) is 9.47 Å². The van der Waals surface area contributed by atoms with Gasteiger partial charge in [-0.25, -0.2) is 4.79 Å². The molecule has 0 unspecified atom stereocenters. The van der Waals surface area contributed by atoms with E-state index in [1.54, 1.807) is 18.2 Å². The number of rotatable bonds is 3. The Hall–Kier alpha value is -2.32. The Bertz CT molecular complexity index is 637. The molecule has 1 aromatic rings. The zero-order valence-corrected chi connectivity index (χ0v) is 14.3. The standard InChI is InChI=1S/C17H24N4O4/c1-12-10-18-5-6-21(12)11-16(22)20-17(23)19-13-3-4-14-15(9-13)25-8-2-7-24-14/h3-4,9,12,18H,2,5-8,10-11H2,1H3,(H2,19,20,22,23)/t12-/m1/s1. The first-order chi connectivity index (χ1) is 12.1. The largest absolute Gasteiger partial charge is 0.490 e. The Morgan fingerprint density at radius 1 is 1.28 bits per heavy atom. The van der Waals surface area contributed by atoms with E-state index in [1.807, 2.05) is 4.90 Å². The number of ether oxygens (including phenoxy) is 2. The third-order valence-corrected chi connectivity index (χ3v) is 4.24. The van der Waals surface area contributed by atoms with E-state index in [0.717, 1.165) is 26.1 Å². The maximum absolute atomic E-state index is 12.1. The molecule has 136 valence electrons. The van der Waals surface area contributed by atoms with Gasteiger partial charge < -0.3 is 20.1 Å². The summed E-state index contributed by atoms with van der Waals surface area (Å²) in [6.07, 6.45) is 0.816. The molecule has 8 nitrogen and oxygen atoms in total. The number of benzene rings is 1. The summed E-state index contributed by atoms with van der Waals surface area (Å²) in [5, 5.41) is 8.29. The number of nitrogens with zero attached hydrogens (tertiary/aromatic N) is 1. The van der Waals surface area contributed by atoms with Crippen LogP contribution in [0.15, 0.2) is 18.2 Å². The van der Waals surface area contributed by atoms with Crippen LogP contribution < -0.4 is 25.4 Å². The Balaban J connectivity index is 1.52. The van der Waals surface area contributed by atoms with E-state index in [9.17, 15) is 9.59 Å². The third-order valence-electron chi connectivity index (χ3n) is 4.24. The van der Waals surface area contributed by atoms with Crippen molar-refractivity contribution in [2.24, 2.45) is 0 Å². The molecular weight excluding hydrogens is 324 g/mol. The molecule has 1 atom stereocenters. The predicted octanol–water partition coefficient (Wildman–Crippen LogP) is 0.790. The Morgan fingerprint density at radius 2 is 2.08 bits per heavy atom. The molecule has 0 radical (unpaired) electrons. The van der Waals surface area contributed by atoms with Crippen LogP contribution in [0.5, 0.6) is 11.5 Å². The summed E-state index contributed by atoms with van der Waals surface area (Å²) < 4.78 is 11.1. The molecule has 1 aromatic carbocycles. The molecule has 3 rings (SSSR count). The number of imide groups is 1. The smallest absolute Gasteiger partial charge is 0.325 e. The van der Waals surface area contributed by atoms with E-state index >= 15 is 0 Å². The highest BCUT2D eigenvalue weighted by atomic mass is 16.5. The topological polar surface area (TPSA) is 91.9 Å². The number of piperazine rings is 1. The number of carbonyl (C=O) groups excluding carboxylic acids is 2. The van der Waals surface area contributed by atoms with Crippen LogP contribution in [0.25, 0.3) is 0 Å². The zero-order chi connectivity index (χ0) is 17.6. The second-order valence-electron chi connectivity index (χ2n) is 6.24. The van der Waals surface area contributed by atoms with E-state index < -0.39 is 6.03 Å². The fourth-order valence-corrected chi connectivity index (χ4v) is 2.87. The molecule has 8 heteroatoms. The lowest BCUT2D eigenvalue weighted by molar-refractivity contribution is -0.121. The molecule has 1 saturated heterocycles. The number of hydrogen-bond acceptors (Lipinski definition) is 6. The van der Waals surface area contributed by atoms with Gasteiger partial charge >= 0.3 is 6.03 Å². The van der Waals surface area contributed by atoms with Crippen LogP contribution in [0.2, 0.25) is 0 Å². The van der Waals surface area contributed by atoms with E-state index in [1.165, 1.54) is 0 Å². The second-order valence-corrected chi connectivity index (χ2v) is 6.24. The highest BCUT2D eigenvalue weighted by Crippen LogP contribution is 2.32. The molecule has 0 spiro atoms. The normalized spacial score (nSPS) is 20.4. The maximum atomic E-state index is 12.1. The highest BCUT2D eigenvalue weighted by molar-refractivity contribution is 6.01. The van der Waals surface area contributed by atoms with Gasteiger partial charge in [-0.1, -0.05) is 0 Å². The molecule has 0 aromatic heterocycles. The molecule has 0 saturated carbocycles. The molecule has 0 aliphatic carbocycles. The Kier molecular flexibility index (Phi) is 5.72. The fraction of sp³-hybridized carbons (Fsp3) is 0.529. The number of nitrogens with one attached hydrogen (secondary N) is 3. The van der Waals surface area contributed by atoms with Crippen LogP contribution in [0.3, 0.4) is 0 Å². The monoisotopic (exact) mass is 348 g/mol. The van der Waals surface area contributed by atoms with Crippen molar-refractivity contribution in [3.8, 4) is 11.5 Å². The average molecular weight is 348 g/mol. The quantitative estimate of drug-likeness (QED) is 0.748.